The van der Waals surface area contributed by atoms with Crippen molar-refractivity contribution in [2.24, 2.45) is 10.8 Å². The van der Waals surface area contributed by atoms with Gasteiger partial charge in [-0.3, -0.25) is 9.79 Å². The molecule has 0 aliphatic carbocycles. The molecule has 6 nitrogen and oxygen atoms in total. The van der Waals surface area contributed by atoms with E-state index in [2.05, 4.69) is 4.99 Å². The smallest absolute Gasteiger partial charge is 0.335 e. The number of amides is 1. The normalized spacial score (nSPS) is 11.0. The topological polar surface area (TPSA) is 96.0 Å². The summed E-state index contributed by atoms with van der Waals surface area (Å²) in [7, 11) is 0. The number of rotatable bonds is 5. The van der Waals surface area contributed by atoms with Crippen molar-refractivity contribution in [2.45, 2.75) is 0 Å². The molecule has 0 saturated heterocycles. The number of aromatic carboxylic acids is 1. The lowest BCUT2D eigenvalue weighted by atomic mass is 10.1. The van der Waals surface area contributed by atoms with Crippen LogP contribution in [0.25, 0.3) is 10.8 Å². The van der Waals surface area contributed by atoms with E-state index in [0.29, 0.717) is 11.3 Å². The van der Waals surface area contributed by atoms with Crippen LogP contribution in [0.2, 0.25) is 0 Å². The highest BCUT2D eigenvalue weighted by molar-refractivity contribution is 5.97. The zero-order valence-corrected chi connectivity index (χ0v) is 13.9. The largest absolute Gasteiger partial charge is 0.478 e. The second kappa shape index (κ2) is 7.58. The van der Waals surface area contributed by atoms with Crippen LogP contribution in [-0.4, -0.2) is 29.7 Å². The summed E-state index contributed by atoms with van der Waals surface area (Å²) in [5, 5.41) is 12.0. The minimum absolute atomic E-state index is 0.107. The number of hydrogen-bond acceptors (Lipinski definition) is 4. The lowest BCUT2D eigenvalue weighted by molar-refractivity contribution is -0.117. The highest BCUT2D eigenvalue weighted by Gasteiger charge is 2.11. The monoisotopic (exact) mass is 347 g/mol. The molecule has 0 bridgehead atoms. The Morgan fingerprint density at radius 1 is 1.00 bits per heavy atom. The Labute approximate surface area is 150 Å². The van der Waals surface area contributed by atoms with E-state index in [1.54, 1.807) is 18.2 Å². The van der Waals surface area contributed by atoms with Gasteiger partial charge in [-0.05, 0) is 40.6 Å². The van der Waals surface area contributed by atoms with E-state index in [4.69, 9.17) is 10.9 Å². The molecule has 1 amide bonds. The molecule has 0 unspecified atom stereocenters. The third-order valence-electron chi connectivity index (χ3n) is 3.90. The predicted molar refractivity (Wildman–Crippen MR) is 101 cm³/mol. The van der Waals surface area contributed by atoms with E-state index >= 15 is 0 Å². The van der Waals surface area contributed by atoms with Crippen molar-refractivity contribution in [3.63, 3.8) is 0 Å². The number of hydrogen-bond donors (Lipinski definition) is 2. The fraction of sp³-hybridized carbons (Fsp3) is 0.0500. The number of aliphatic imine (C=N–C) groups is 1. The fourth-order valence-electron chi connectivity index (χ4n) is 2.49. The first kappa shape index (κ1) is 17.3. The molecule has 130 valence electrons. The van der Waals surface area contributed by atoms with Gasteiger partial charge in [-0.1, -0.05) is 42.5 Å². The number of fused-ring (bicyclic) bond motifs is 1. The van der Waals surface area contributed by atoms with E-state index in [0.717, 1.165) is 15.8 Å². The molecule has 0 fully saturated rings. The van der Waals surface area contributed by atoms with Crippen LogP contribution in [0.5, 0.6) is 0 Å². The fourth-order valence-corrected chi connectivity index (χ4v) is 2.49. The molecule has 0 aliphatic heterocycles. The lowest BCUT2D eigenvalue weighted by Gasteiger charge is -2.16. The molecule has 0 atom stereocenters. The molecule has 0 aromatic heterocycles. The van der Waals surface area contributed by atoms with Crippen LogP contribution in [0.15, 0.2) is 71.7 Å². The van der Waals surface area contributed by atoms with Crippen molar-refractivity contribution in [3.8, 4) is 0 Å². The summed E-state index contributed by atoms with van der Waals surface area (Å²) in [6, 6.07) is 19.6. The highest BCUT2D eigenvalue weighted by atomic mass is 16.4. The SMILES string of the molecule is NN(C(=O)CN=Cc1ccc(C(=O)O)cc1)c1ccc2ccccc2c1. The molecule has 0 heterocycles. The van der Waals surface area contributed by atoms with E-state index in [9.17, 15) is 9.59 Å². The Bertz CT molecular complexity index is 981. The van der Waals surface area contributed by atoms with Crippen LogP contribution in [-0.2, 0) is 4.79 Å². The van der Waals surface area contributed by atoms with Crippen LogP contribution in [0.1, 0.15) is 15.9 Å². The summed E-state index contributed by atoms with van der Waals surface area (Å²) < 4.78 is 0. The van der Waals surface area contributed by atoms with Crippen LogP contribution < -0.4 is 10.9 Å². The van der Waals surface area contributed by atoms with Gasteiger partial charge in [0.15, 0.2) is 0 Å². The third-order valence-corrected chi connectivity index (χ3v) is 3.90. The second-order valence-corrected chi connectivity index (χ2v) is 5.69. The van der Waals surface area contributed by atoms with Gasteiger partial charge in [-0.15, -0.1) is 0 Å². The number of nitrogens with zero attached hydrogens (tertiary/aromatic N) is 2. The Balaban J connectivity index is 1.65. The van der Waals surface area contributed by atoms with Crippen LogP contribution in [0.4, 0.5) is 5.69 Å². The van der Waals surface area contributed by atoms with Gasteiger partial charge in [0.05, 0.1) is 11.3 Å². The third kappa shape index (κ3) is 3.93. The first-order chi connectivity index (χ1) is 12.5. The van der Waals surface area contributed by atoms with Gasteiger partial charge in [0, 0.05) is 6.21 Å². The number of hydrazine groups is 1. The maximum absolute atomic E-state index is 12.2. The average Bonchev–Trinajstić information content (AvgIpc) is 2.67. The van der Waals surface area contributed by atoms with E-state index in [1.165, 1.54) is 18.3 Å². The molecule has 0 aliphatic rings. The first-order valence-electron chi connectivity index (χ1n) is 7.94. The highest BCUT2D eigenvalue weighted by Crippen LogP contribution is 2.20. The van der Waals surface area contributed by atoms with E-state index < -0.39 is 5.97 Å². The van der Waals surface area contributed by atoms with Crippen LogP contribution in [0, 0.1) is 0 Å². The summed E-state index contributed by atoms with van der Waals surface area (Å²) in [5.74, 6) is 4.57. The van der Waals surface area contributed by atoms with Gasteiger partial charge in [-0.2, -0.15) is 0 Å². The Morgan fingerprint density at radius 3 is 2.38 bits per heavy atom. The minimum atomic E-state index is -0.988. The Hall–Kier alpha value is -3.51. The van der Waals surface area contributed by atoms with Crippen molar-refractivity contribution < 1.29 is 14.7 Å². The summed E-state index contributed by atoms with van der Waals surface area (Å²) in [4.78, 5) is 27.1. The molecule has 3 aromatic rings. The van der Waals surface area contributed by atoms with Gasteiger partial charge in [0.2, 0.25) is 0 Å². The molecule has 0 saturated carbocycles. The second-order valence-electron chi connectivity index (χ2n) is 5.69. The number of carbonyl (C=O) groups is 2. The van der Waals surface area contributed by atoms with Crippen LogP contribution in [0.3, 0.4) is 0 Å². The molecule has 26 heavy (non-hydrogen) atoms. The summed E-state index contributed by atoms with van der Waals surface area (Å²) >= 11 is 0. The van der Waals surface area contributed by atoms with Gasteiger partial charge >= 0.3 is 5.97 Å². The van der Waals surface area contributed by atoms with Crippen molar-refractivity contribution in [1.29, 1.82) is 0 Å². The summed E-state index contributed by atoms with van der Waals surface area (Å²) in [6.07, 6.45) is 1.51. The average molecular weight is 347 g/mol. The quantitative estimate of drug-likeness (QED) is 0.321. The van der Waals surface area contributed by atoms with Gasteiger partial charge in [0.25, 0.3) is 5.91 Å². The van der Waals surface area contributed by atoms with Gasteiger partial charge in [0.1, 0.15) is 6.54 Å². The number of carbonyl (C=O) groups excluding carboxylic acids is 1. The molecule has 3 N–H and O–H groups in total. The molecular formula is C20H17N3O3. The van der Waals surface area contributed by atoms with Gasteiger partial charge in [-0.25, -0.2) is 15.6 Å². The van der Waals surface area contributed by atoms with Crippen molar-refractivity contribution >= 4 is 34.6 Å². The Kier molecular flexibility index (Phi) is 5.05. The first-order valence-corrected chi connectivity index (χ1v) is 7.94. The molecular weight excluding hydrogens is 330 g/mol. The number of benzene rings is 3. The van der Waals surface area contributed by atoms with Crippen molar-refractivity contribution in [2.75, 3.05) is 11.6 Å². The Morgan fingerprint density at radius 2 is 1.69 bits per heavy atom. The molecule has 3 rings (SSSR count). The molecule has 3 aromatic carbocycles. The van der Waals surface area contributed by atoms with Crippen LogP contribution >= 0.6 is 0 Å². The maximum atomic E-state index is 12.2. The minimum Gasteiger partial charge on any atom is -0.478 e. The summed E-state index contributed by atoms with van der Waals surface area (Å²) in [5.41, 5.74) is 1.49. The molecule has 0 spiro atoms. The van der Waals surface area contributed by atoms with E-state index in [-0.39, 0.29) is 18.0 Å². The van der Waals surface area contributed by atoms with Gasteiger partial charge < -0.3 is 5.11 Å². The van der Waals surface area contributed by atoms with Crippen molar-refractivity contribution in [3.05, 3.63) is 77.9 Å². The number of anilines is 1. The zero-order valence-electron chi connectivity index (χ0n) is 13.9. The number of carboxylic acids is 1. The standard InChI is InChI=1S/C20H17N3O3/c21-23(18-10-9-15-3-1-2-4-17(15)11-18)19(24)13-22-12-14-5-7-16(8-6-14)20(25)26/h1-12H,13,21H2,(H,25,26). The molecule has 6 heteroatoms. The van der Waals surface area contributed by atoms with Crippen molar-refractivity contribution in [1.82, 2.24) is 0 Å². The number of carboxylic acid groups (broad SMARTS) is 1. The number of nitrogens with two attached hydrogens (primary N) is 1. The zero-order chi connectivity index (χ0) is 18.5. The predicted octanol–water partition coefficient (Wildman–Crippen LogP) is 2.86. The maximum Gasteiger partial charge on any atom is 0.335 e. The molecule has 0 radical (unpaired) electrons. The van der Waals surface area contributed by atoms with E-state index in [1.807, 2.05) is 36.4 Å². The summed E-state index contributed by atoms with van der Waals surface area (Å²) in [6.45, 7) is -0.107. The lowest BCUT2D eigenvalue weighted by Crippen LogP contribution is -2.39.